The first-order valence-electron chi connectivity index (χ1n) is 4.07. The van der Waals surface area contributed by atoms with Crippen molar-refractivity contribution in [1.82, 2.24) is 0 Å². The average Bonchev–Trinajstić information content (AvgIpc) is 2.28. The summed E-state index contributed by atoms with van der Waals surface area (Å²) in [6.45, 7) is 0. The zero-order chi connectivity index (χ0) is 12.9. The predicted octanol–water partition coefficient (Wildman–Crippen LogP) is 0.237. The van der Waals surface area contributed by atoms with Gasteiger partial charge in [0.15, 0.2) is 11.6 Å². The summed E-state index contributed by atoms with van der Waals surface area (Å²) in [6, 6.07) is 1.09. The van der Waals surface area contributed by atoms with Gasteiger partial charge in [-0.05, 0) is 10.8 Å². The fraction of sp³-hybridized carbons (Fsp3) is 0. The van der Waals surface area contributed by atoms with Gasteiger partial charge in [-0.3, -0.25) is 4.39 Å². The Hall–Kier alpha value is -0.0503. The summed E-state index contributed by atoms with van der Waals surface area (Å²) in [4.78, 5) is 0. The third-order valence-corrected chi connectivity index (χ3v) is 2.12. The van der Waals surface area contributed by atoms with Crippen molar-refractivity contribution >= 4 is 48.5 Å². The molecule has 0 heterocycles. The first-order chi connectivity index (χ1) is 7.86. The van der Waals surface area contributed by atoms with Crippen LogP contribution in [0.4, 0.5) is 30.7 Å². The van der Waals surface area contributed by atoms with Crippen LogP contribution in [0.25, 0.3) is 10.8 Å². The SMILES string of the molecule is Fc1[c-]c(F)c2c(F)c(F)c(F)c(F)c2c1F.[Br-].[Ca+2]. The van der Waals surface area contributed by atoms with Crippen LogP contribution in [0, 0.1) is 46.8 Å². The van der Waals surface area contributed by atoms with E-state index in [-0.39, 0.29) is 54.7 Å². The summed E-state index contributed by atoms with van der Waals surface area (Å²) in [5, 5.41) is -3.16. The molecule has 0 amide bonds. The molecule has 19 heavy (non-hydrogen) atoms. The number of hydrogen-bond donors (Lipinski definition) is 0. The van der Waals surface area contributed by atoms with Crippen LogP contribution >= 0.6 is 0 Å². The third kappa shape index (κ3) is 2.86. The molecule has 0 saturated heterocycles. The van der Waals surface area contributed by atoms with E-state index in [1.807, 2.05) is 0 Å². The van der Waals surface area contributed by atoms with Crippen molar-refractivity contribution in [3.63, 3.8) is 0 Å². The van der Waals surface area contributed by atoms with E-state index in [0.29, 0.717) is 0 Å². The molecule has 0 unspecified atom stereocenters. The van der Waals surface area contributed by atoms with E-state index in [4.69, 9.17) is 0 Å². The molecule has 2 rings (SSSR count). The largest absolute Gasteiger partial charge is 2.00 e. The smallest absolute Gasteiger partial charge is 1.00 e. The molecule has 0 bridgehead atoms. The second-order valence-electron chi connectivity index (χ2n) is 3.07. The minimum Gasteiger partial charge on any atom is -1.00 e. The molecule has 0 aliphatic heterocycles. The van der Waals surface area contributed by atoms with Crippen LogP contribution in [0.2, 0.25) is 0 Å². The molecule has 0 radical (unpaired) electrons. The molecule has 0 saturated carbocycles. The quantitative estimate of drug-likeness (QED) is 0.204. The van der Waals surface area contributed by atoms with Gasteiger partial charge >= 0.3 is 37.7 Å². The first kappa shape index (κ1) is 18.9. The average molecular weight is 373 g/mol. The van der Waals surface area contributed by atoms with Crippen molar-refractivity contribution in [3.05, 3.63) is 46.8 Å². The van der Waals surface area contributed by atoms with Gasteiger partial charge in [0.1, 0.15) is 11.6 Å². The first-order valence-corrected chi connectivity index (χ1v) is 4.07. The monoisotopic (exact) mass is 372 g/mol. The second kappa shape index (κ2) is 6.60. The Labute approximate surface area is 142 Å². The number of fused-ring (bicyclic) bond motifs is 1. The van der Waals surface area contributed by atoms with Crippen LogP contribution in [0.1, 0.15) is 0 Å². The molecule has 0 aliphatic carbocycles. The van der Waals surface area contributed by atoms with E-state index in [2.05, 4.69) is 0 Å². The molecule has 0 aromatic heterocycles. The van der Waals surface area contributed by atoms with Crippen molar-refractivity contribution < 1.29 is 47.7 Å². The van der Waals surface area contributed by atoms with Gasteiger partial charge < -0.3 is 17.0 Å². The van der Waals surface area contributed by atoms with Crippen molar-refractivity contribution in [2.24, 2.45) is 0 Å². The molecule has 0 nitrogen and oxygen atoms in total. The summed E-state index contributed by atoms with van der Waals surface area (Å²) in [6.07, 6.45) is 0. The topological polar surface area (TPSA) is 0 Å². The van der Waals surface area contributed by atoms with Gasteiger partial charge in [-0.2, -0.15) is 0 Å². The summed E-state index contributed by atoms with van der Waals surface area (Å²) in [7, 11) is 0. The van der Waals surface area contributed by atoms with E-state index in [0.717, 1.165) is 6.07 Å². The zero-order valence-corrected chi connectivity index (χ0v) is 12.5. The van der Waals surface area contributed by atoms with Gasteiger partial charge in [0, 0.05) is 11.6 Å². The van der Waals surface area contributed by atoms with Crippen molar-refractivity contribution in [2.75, 3.05) is 0 Å². The molecule has 0 aliphatic rings. The summed E-state index contributed by atoms with van der Waals surface area (Å²) < 4.78 is 90.4. The minimum absolute atomic E-state index is 0. The molecule has 2 aromatic rings. The number of halogens is 8. The van der Waals surface area contributed by atoms with E-state index in [1.54, 1.807) is 0 Å². The van der Waals surface area contributed by atoms with Crippen LogP contribution in [-0.4, -0.2) is 37.7 Å². The molecule has 9 heteroatoms. The van der Waals surface area contributed by atoms with Crippen molar-refractivity contribution in [1.29, 1.82) is 0 Å². The Morgan fingerprint density at radius 2 is 0.947 bits per heavy atom. The maximum atomic E-state index is 13.1. The molecule has 98 valence electrons. The fourth-order valence-corrected chi connectivity index (χ4v) is 1.37. The van der Waals surface area contributed by atoms with Crippen molar-refractivity contribution in [2.45, 2.75) is 0 Å². The summed E-state index contributed by atoms with van der Waals surface area (Å²) >= 11 is 0. The third-order valence-electron chi connectivity index (χ3n) is 2.12. The van der Waals surface area contributed by atoms with E-state index in [1.165, 1.54) is 0 Å². The molecule has 0 fully saturated rings. The Morgan fingerprint density at radius 1 is 0.526 bits per heavy atom. The van der Waals surface area contributed by atoms with Crippen LogP contribution in [0.3, 0.4) is 0 Å². The maximum Gasteiger partial charge on any atom is 2.00 e. The van der Waals surface area contributed by atoms with E-state index < -0.39 is 51.5 Å². The summed E-state index contributed by atoms with van der Waals surface area (Å²) in [5.74, 6) is -14.9. The predicted molar refractivity (Wildman–Crippen MR) is 48.2 cm³/mol. The molecule has 0 spiro atoms. The maximum absolute atomic E-state index is 13.1. The van der Waals surface area contributed by atoms with Crippen LogP contribution in [0.5, 0.6) is 0 Å². The molecule has 0 N–H and O–H groups in total. The van der Waals surface area contributed by atoms with Crippen LogP contribution < -0.4 is 17.0 Å². The minimum atomic E-state index is -2.35. The number of rotatable bonds is 0. The van der Waals surface area contributed by atoms with Gasteiger partial charge in [0.2, 0.25) is 0 Å². The summed E-state index contributed by atoms with van der Waals surface area (Å²) in [5.41, 5.74) is 0. The van der Waals surface area contributed by atoms with E-state index >= 15 is 0 Å². The standard InChI is InChI=1S/C10F7.BrH.Ca/c11-2-1-3(12)6(13)5-4(2)7(14)9(16)10(17)8(5)15;;/h;1H;/q-1;;+2/p-1. The van der Waals surface area contributed by atoms with E-state index in [9.17, 15) is 30.7 Å². The van der Waals surface area contributed by atoms with Gasteiger partial charge in [0.25, 0.3) is 0 Å². The Bertz CT molecular complexity index is 644. The Morgan fingerprint density at radius 3 is 1.42 bits per heavy atom. The normalized spacial score (nSPS) is 10.1. The van der Waals surface area contributed by atoms with Gasteiger partial charge in [0.05, 0.1) is 5.82 Å². The number of benzene rings is 2. The van der Waals surface area contributed by atoms with Crippen molar-refractivity contribution in [3.8, 4) is 0 Å². The van der Waals surface area contributed by atoms with Crippen LogP contribution in [-0.2, 0) is 0 Å². The van der Waals surface area contributed by atoms with Gasteiger partial charge in [-0.25, -0.2) is 26.3 Å². The molecule has 0 atom stereocenters. The van der Waals surface area contributed by atoms with Crippen LogP contribution in [0.15, 0.2) is 0 Å². The molecular weight excluding hydrogens is 373 g/mol. The number of hydrogen-bond acceptors (Lipinski definition) is 0. The Kier molecular flexibility index (Phi) is 6.58. The second-order valence-corrected chi connectivity index (χ2v) is 3.07. The zero-order valence-electron chi connectivity index (χ0n) is 8.73. The van der Waals surface area contributed by atoms with Gasteiger partial charge in [-0.1, -0.05) is 0 Å². The molecular formula is C10BrCaF7. The Balaban J connectivity index is 0.00000162. The van der Waals surface area contributed by atoms with Gasteiger partial charge in [-0.15, -0.1) is 6.07 Å². The fourth-order valence-electron chi connectivity index (χ4n) is 1.37. The molecule has 2 aromatic carbocycles.